The van der Waals surface area contributed by atoms with Crippen molar-refractivity contribution < 1.29 is 0 Å². The summed E-state index contributed by atoms with van der Waals surface area (Å²) in [7, 11) is 0. The van der Waals surface area contributed by atoms with Gasteiger partial charge in [-0.05, 0) is 49.2 Å². The van der Waals surface area contributed by atoms with Crippen molar-refractivity contribution in [2.45, 2.75) is 49.3 Å². The number of benzene rings is 1. The number of rotatable bonds is 6. The molecule has 0 amide bonds. The van der Waals surface area contributed by atoms with Crippen LogP contribution in [0.2, 0.25) is 0 Å². The molecule has 3 N–H and O–H groups in total. The van der Waals surface area contributed by atoms with Gasteiger partial charge in [-0.15, -0.1) is 5.10 Å². The summed E-state index contributed by atoms with van der Waals surface area (Å²) in [5, 5.41) is 7.20. The van der Waals surface area contributed by atoms with E-state index in [0.29, 0.717) is 11.7 Å². The van der Waals surface area contributed by atoms with Gasteiger partial charge in [0.15, 0.2) is 5.16 Å². The Morgan fingerprint density at radius 2 is 2.24 bits per heavy atom. The predicted molar refractivity (Wildman–Crippen MR) is 88.8 cm³/mol. The zero-order valence-electron chi connectivity index (χ0n) is 12.1. The van der Waals surface area contributed by atoms with Gasteiger partial charge in [-0.3, -0.25) is 4.57 Å². The third-order valence-corrected chi connectivity index (χ3v) is 5.00. The lowest BCUT2D eigenvalue weighted by Crippen LogP contribution is -2.21. The van der Waals surface area contributed by atoms with Crippen molar-refractivity contribution >= 4 is 27.7 Å². The Kier molecular flexibility index (Phi) is 5.66. The molecule has 0 radical (unpaired) electrons. The summed E-state index contributed by atoms with van der Waals surface area (Å²) in [5.41, 5.74) is 7.02. The summed E-state index contributed by atoms with van der Waals surface area (Å²) in [4.78, 5) is 12.6. The lowest BCUT2D eigenvalue weighted by atomic mass is 10.1. The molecule has 0 aliphatic heterocycles. The van der Waals surface area contributed by atoms with Gasteiger partial charge in [-0.1, -0.05) is 28.9 Å². The van der Waals surface area contributed by atoms with Crippen LogP contribution in [0.3, 0.4) is 0 Å². The molecule has 0 fully saturated rings. The number of aromatic amines is 1. The van der Waals surface area contributed by atoms with Crippen molar-refractivity contribution in [2.24, 2.45) is 5.73 Å². The zero-order chi connectivity index (χ0) is 15.4. The molecule has 0 aliphatic rings. The SMILES string of the molecule is CCC(N)Cc1ccc(Sc2n[nH]c(=O)n2CC)cc1Br. The van der Waals surface area contributed by atoms with Crippen molar-refractivity contribution in [3.63, 3.8) is 0 Å². The molecule has 0 aliphatic carbocycles. The highest BCUT2D eigenvalue weighted by molar-refractivity contribution is 9.10. The quantitative estimate of drug-likeness (QED) is 0.819. The van der Waals surface area contributed by atoms with Crippen LogP contribution in [0, 0.1) is 0 Å². The Bertz CT molecular complexity index is 667. The molecule has 114 valence electrons. The van der Waals surface area contributed by atoms with Crippen LogP contribution in [0.1, 0.15) is 25.8 Å². The van der Waals surface area contributed by atoms with Crippen molar-refractivity contribution in [1.29, 1.82) is 0 Å². The highest BCUT2D eigenvalue weighted by Crippen LogP contribution is 2.30. The summed E-state index contributed by atoms with van der Waals surface area (Å²) < 4.78 is 2.65. The second-order valence-electron chi connectivity index (χ2n) is 4.78. The molecular formula is C14H19BrN4OS. The van der Waals surface area contributed by atoms with Gasteiger partial charge in [0, 0.05) is 22.0 Å². The Morgan fingerprint density at radius 1 is 1.48 bits per heavy atom. The number of nitrogens with two attached hydrogens (primary N) is 1. The van der Waals surface area contributed by atoms with Crippen LogP contribution < -0.4 is 11.4 Å². The fourth-order valence-electron chi connectivity index (χ4n) is 1.95. The second kappa shape index (κ2) is 7.29. The fourth-order valence-corrected chi connectivity index (χ4v) is 3.58. The van der Waals surface area contributed by atoms with Gasteiger partial charge >= 0.3 is 5.69 Å². The number of hydrogen-bond acceptors (Lipinski definition) is 4. The van der Waals surface area contributed by atoms with E-state index in [0.717, 1.165) is 22.2 Å². The summed E-state index contributed by atoms with van der Waals surface area (Å²) >= 11 is 5.06. The molecule has 7 heteroatoms. The van der Waals surface area contributed by atoms with Crippen molar-refractivity contribution in [3.8, 4) is 0 Å². The van der Waals surface area contributed by atoms with Crippen LogP contribution in [0.5, 0.6) is 0 Å². The molecular weight excluding hydrogens is 352 g/mol. The second-order valence-corrected chi connectivity index (χ2v) is 6.68. The van der Waals surface area contributed by atoms with Gasteiger partial charge in [-0.25, -0.2) is 9.89 Å². The molecule has 0 saturated heterocycles. The maximum Gasteiger partial charge on any atom is 0.343 e. The van der Waals surface area contributed by atoms with Gasteiger partial charge in [0.05, 0.1) is 0 Å². The maximum absolute atomic E-state index is 11.5. The number of hydrogen-bond donors (Lipinski definition) is 2. The van der Waals surface area contributed by atoms with Crippen LogP contribution in [-0.4, -0.2) is 20.8 Å². The first-order valence-corrected chi connectivity index (χ1v) is 8.53. The third-order valence-electron chi connectivity index (χ3n) is 3.28. The van der Waals surface area contributed by atoms with E-state index < -0.39 is 0 Å². The van der Waals surface area contributed by atoms with E-state index in [1.165, 1.54) is 17.3 Å². The minimum Gasteiger partial charge on any atom is -0.327 e. The lowest BCUT2D eigenvalue weighted by molar-refractivity contribution is 0.645. The van der Waals surface area contributed by atoms with E-state index in [2.05, 4.69) is 39.1 Å². The molecule has 0 bridgehead atoms. The topological polar surface area (TPSA) is 76.7 Å². The molecule has 1 aromatic carbocycles. The normalized spacial score (nSPS) is 12.6. The van der Waals surface area contributed by atoms with Gasteiger partial charge < -0.3 is 5.73 Å². The van der Waals surface area contributed by atoms with Crippen LogP contribution >= 0.6 is 27.7 Å². The van der Waals surface area contributed by atoms with Gasteiger partial charge in [0.2, 0.25) is 0 Å². The van der Waals surface area contributed by atoms with Crippen LogP contribution in [-0.2, 0) is 13.0 Å². The number of nitrogens with one attached hydrogen (secondary N) is 1. The highest BCUT2D eigenvalue weighted by Gasteiger charge is 2.11. The average Bonchev–Trinajstić information content (AvgIpc) is 2.81. The molecule has 2 aromatic rings. The first-order chi connectivity index (χ1) is 10.0. The van der Waals surface area contributed by atoms with E-state index in [9.17, 15) is 4.79 Å². The molecule has 21 heavy (non-hydrogen) atoms. The number of aromatic nitrogens is 3. The molecule has 1 unspecified atom stereocenters. The van der Waals surface area contributed by atoms with Gasteiger partial charge in [-0.2, -0.15) is 0 Å². The van der Waals surface area contributed by atoms with Crippen LogP contribution in [0.4, 0.5) is 0 Å². The summed E-state index contributed by atoms with van der Waals surface area (Å²) in [6, 6.07) is 6.33. The smallest absolute Gasteiger partial charge is 0.327 e. The zero-order valence-corrected chi connectivity index (χ0v) is 14.5. The van der Waals surface area contributed by atoms with Gasteiger partial charge in [0.1, 0.15) is 0 Å². The van der Waals surface area contributed by atoms with E-state index in [-0.39, 0.29) is 11.7 Å². The Hall–Kier alpha value is -1.05. The Balaban J connectivity index is 2.18. The lowest BCUT2D eigenvalue weighted by Gasteiger charge is -2.11. The summed E-state index contributed by atoms with van der Waals surface area (Å²) in [6.45, 7) is 4.61. The molecule has 5 nitrogen and oxygen atoms in total. The van der Waals surface area contributed by atoms with E-state index >= 15 is 0 Å². The van der Waals surface area contributed by atoms with Crippen molar-refractivity contribution in [1.82, 2.24) is 14.8 Å². The molecule has 2 rings (SSSR count). The predicted octanol–water partition coefficient (Wildman–Crippen LogP) is 2.78. The fraction of sp³-hybridized carbons (Fsp3) is 0.429. The van der Waals surface area contributed by atoms with E-state index in [1.807, 2.05) is 19.1 Å². The van der Waals surface area contributed by atoms with Gasteiger partial charge in [0.25, 0.3) is 0 Å². The minimum atomic E-state index is -0.176. The largest absolute Gasteiger partial charge is 0.343 e. The molecule has 1 heterocycles. The average molecular weight is 371 g/mol. The maximum atomic E-state index is 11.5. The number of halogens is 1. The van der Waals surface area contributed by atoms with Crippen molar-refractivity contribution in [3.05, 3.63) is 38.7 Å². The first-order valence-electron chi connectivity index (χ1n) is 6.92. The molecule has 0 saturated carbocycles. The molecule has 1 aromatic heterocycles. The third kappa shape index (κ3) is 3.99. The van der Waals surface area contributed by atoms with E-state index in [4.69, 9.17) is 5.73 Å². The van der Waals surface area contributed by atoms with Crippen molar-refractivity contribution in [2.75, 3.05) is 0 Å². The minimum absolute atomic E-state index is 0.176. The summed E-state index contributed by atoms with van der Waals surface area (Å²) in [6.07, 6.45) is 1.81. The Labute approximate surface area is 136 Å². The molecule has 1 atom stereocenters. The Morgan fingerprint density at radius 3 is 2.86 bits per heavy atom. The van der Waals surface area contributed by atoms with Crippen LogP contribution in [0.25, 0.3) is 0 Å². The standard InChI is InChI=1S/C14H19BrN4OS/c1-3-10(16)7-9-5-6-11(8-12(9)15)21-14-18-17-13(20)19(14)4-2/h5-6,8,10H,3-4,7,16H2,1-2H3,(H,17,20). The van der Waals surface area contributed by atoms with E-state index in [1.54, 1.807) is 4.57 Å². The van der Waals surface area contributed by atoms with Crippen LogP contribution in [0.15, 0.2) is 37.5 Å². The monoisotopic (exact) mass is 370 g/mol. The highest BCUT2D eigenvalue weighted by atomic mass is 79.9. The first kappa shape index (κ1) is 16.3. The number of nitrogens with zero attached hydrogens (tertiary/aromatic N) is 2. The summed E-state index contributed by atoms with van der Waals surface area (Å²) in [5.74, 6) is 0. The number of H-pyrrole nitrogens is 1. The molecule has 0 spiro atoms.